The van der Waals surface area contributed by atoms with Gasteiger partial charge in [-0.25, -0.2) is 4.98 Å². The van der Waals surface area contributed by atoms with E-state index in [1.165, 1.54) is 0 Å². The fraction of sp³-hybridized carbons (Fsp3) is 0.231. The van der Waals surface area contributed by atoms with E-state index in [0.717, 1.165) is 22.8 Å². The fourth-order valence-electron chi connectivity index (χ4n) is 1.70. The molecule has 1 aromatic carbocycles. The lowest BCUT2D eigenvalue weighted by molar-refractivity contribution is 0.341. The number of aromatic nitrogens is 2. The minimum atomic E-state index is 0.586. The van der Waals surface area contributed by atoms with Gasteiger partial charge >= 0.3 is 0 Å². The molecule has 0 atom stereocenters. The summed E-state index contributed by atoms with van der Waals surface area (Å²) in [4.78, 5) is 7.36. The van der Waals surface area contributed by atoms with Crippen LogP contribution >= 0.6 is 12.2 Å². The summed E-state index contributed by atoms with van der Waals surface area (Å²) in [5.41, 5.74) is 1.94. The summed E-state index contributed by atoms with van der Waals surface area (Å²) < 4.78 is 6.18. The zero-order valence-electron chi connectivity index (χ0n) is 9.86. The predicted octanol–water partition coefficient (Wildman–Crippen LogP) is 3.51. The van der Waals surface area contributed by atoms with Crippen molar-refractivity contribution in [3.05, 3.63) is 40.8 Å². The summed E-state index contributed by atoms with van der Waals surface area (Å²) in [7, 11) is 0. The Morgan fingerprint density at radius 2 is 2.12 bits per heavy atom. The third kappa shape index (κ3) is 2.71. The lowest BCUT2D eigenvalue weighted by Crippen LogP contribution is -1.96. The molecule has 1 heterocycles. The van der Waals surface area contributed by atoms with E-state index < -0.39 is 0 Å². The van der Waals surface area contributed by atoms with Gasteiger partial charge in [0.15, 0.2) is 0 Å². The van der Waals surface area contributed by atoms with Crippen LogP contribution in [0.4, 0.5) is 0 Å². The zero-order chi connectivity index (χ0) is 12.3. The number of nitrogens with zero attached hydrogens (tertiary/aromatic N) is 1. The van der Waals surface area contributed by atoms with Crippen LogP contribution in [-0.2, 0) is 0 Å². The van der Waals surface area contributed by atoms with Crippen molar-refractivity contribution in [1.82, 2.24) is 9.97 Å². The van der Waals surface area contributed by atoms with Crippen LogP contribution in [0.1, 0.15) is 12.7 Å². The van der Waals surface area contributed by atoms with E-state index in [9.17, 15) is 0 Å². The molecule has 4 heteroatoms. The van der Waals surface area contributed by atoms with Crippen molar-refractivity contribution in [3.8, 4) is 17.0 Å². The smallest absolute Gasteiger partial charge is 0.130 e. The highest BCUT2D eigenvalue weighted by molar-refractivity contribution is 7.71. The van der Waals surface area contributed by atoms with Crippen LogP contribution in [0.5, 0.6) is 5.75 Å². The molecule has 0 saturated heterocycles. The molecule has 0 aliphatic carbocycles. The Labute approximate surface area is 105 Å². The summed E-state index contributed by atoms with van der Waals surface area (Å²) in [6.07, 6.45) is 0. The molecule has 1 aromatic heterocycles. The van der Waals surface area contributed by atoms with E-state index in [2.05, 4.69) is 9.97 Å². The van der Waals surface area contributed by atoms with Gasteiger partial charge in [-0.1, -0.05) is 24.4 Å². The second kappa shape index (κ2) is 5.10. The Kier molecular flexibility index (Phi) is 3.54. The van der Waals surface area contributed by atoms with Crippen LogP contribution in [0.3, 0.4) is 0 Å². The molecule has 0 fully saturated rings. The van der Waals surface area contributed by atoms with Gasteiger partial charge < -0.3 is 9.72 Å². The highest BCUT2D eigenvalue weighted by atomic mass is 32.1. The maximum absolute atomic E-state index is 5.60. The first-order valence-electron chi connectivity index (χ1n) is 5.51. The van der Waals surface area contributed by atoms with Crippen LogP contribution in [0.25, 0.3) is 11.3 Å². The molecule has 2 rings (SSSR count). The van der Waals surface area contributed by atoms with Crippen molar-refractivity contribution in [3.63, 3.8) is 0 Å². The molecule has 0 aliphatic rings. The Hall–Kier alpha value is -1.68. The van der Waals surface area contributed by atoms with Gasteiger partial charge in [-0.3, -0.25) is 0 Å². The van der Waals surface area contributed by atoms with Crippen LogP contribution in [-0.4, -0.2) is 16.6 Å². The van der Waals surface area contributed by atoms with Crippen LogP contribution in [0.2, 0.25) is 0 Å². The average molecular weight is 246 g/mol. The number of para-hydroxylation sites is 1. The van der Waals surface area contributed by atoms with E-state index in [-0.39, 0.29) is 0 Å². The normalized spacial score (nSPS) is 10.2. The molecule has 0 saturated carbocycles. The van der Waals surface area contributed by atoms with Gasteiger partial charge in [-0.05, 0) is 32.0 Å². The number of hydrogen-bond acceptors (Lipinski definition) is 3. The number of aryl methyl sites for hydroxylation is 1. The molecule has 1 N–H and O–H groups in total. The zero-order valence-corrected chi connectivity index (χ0v) is 10.7. The SMILES string of the molecule is CCOc1ccccc1-c1cc(=S)nc(C)[nH]1. The first-order valence-corrected chi connectivity index (χ1v) is 5.91. The van der Waals surface area contributed by atoms with Gasteiger partial charge in [0, 0.05) is 5.56 Å². The fourth-order valence-corrected chi connectivity index (χ4v) is 1.95. The molecular weight excluding hydrogens is 232 g/mol. The minimum absolute atomic E-state index is 0.586. The van der Waals surface area contributed by atoms with Crippen molar-refractivity contribution >= 4 is 12.2 Å². The van der Waals surface area contributed by atoms with Crippen molar-refractivity contribution < 1.29 is 4.74 Å². The predicted molar refractivity (Wildman–Crippen MR) is 70.8 cm³/mol. The molecule has 0 spiro atoms. The minimum Gasteiger partial charge on any atom is -0.493 e. The van der Waals surface area contributed by atoms with E-state index in [1.54, 1.807) is 0 Å². The highest BCUT2D eigenvalue weighted by Crippen LogP contribution is 2.28. The molecule has 17 heavy (non-hydrogen) atoms. The first kappa shape index (κ1) is 11.8. The van der Waals surface area contributed by atoms with Gasteiger partial charge in [0.2, 0.25) is 0 Å². The molecule has 0 aliphatic heterocycles. The summed E-state index contributed by atoms with van der Waals surface area (Å²) in [6, 6.07) is 9.73. The van der Waals surface area contributed by atoms with Gasteiger partial charge in [-0.15, -0.1) is 0 Å². The van der Waals surface area contributed by atoms with Crippen LogP contribution < -0.4 is 4.74 Å². The summed E-state index contributed by atoms with van der Waals surface area (Å²) in [6.45, 7) is 4.50. The van der Waals surface area contributed by atoms with Gasteiger partial charge in [0.25, 0.3) is 0 Å². The van der Waals surface area contributed by atoms with Crippen LogP contribution in [0, 0.1) is 11.6 Å². The standard InChI is InChI=1S/C13H14N2OS/c1-3-16-12-7-5-4-6-10(12)11-8-13(17)15-9(2)14-11/h4-8H,3H2,1-2H3,(H,14,15,17). The number of nitrogens with one attached hydrogen (secondary N) is 1. The molecule has 3 nitrogen and oxygen atoms in total. The van der Waals surface area contributed by atoms with Gasteiger partial charge in [-0.2, -0.15) is 0 Å². The number of benzene rings is 1. The van der Waals surface area contributed by atoms with Crippen molar-refractivity contribution in [2.24, 2.45) is 0 Å². The largest absolute Gasteiger partial charge is 0.493 e. The quantitative estimate of drug-likeness (QED) is 0.842. The van der Waals surface area contributed by atoms with Gasteiger partial charge in [0.1, 0.15) is 16.2 Å². The third-order valence-corrected chi connectivity index (χ3v) is 2.55. The third-order valence-electron chi connectivity index (χ3n) is 2.34. The van der Waals surface area contributed by atoms with Crippen molar-refractivity contribution in [2.45, 2.75) is 13.8 Å². The van der Waals surface area contributed by atoms with E-state index in [4.69, 9.17) is 17.0 Å². The van der Waals surface area contributed by atoms with E-state index in [1.807, 2.05) is 44.2 Å². The van der Waals surface area contributed by atoms with E-state index >= 15 is 0 Å². The van der Waals surface area contributed by atoms with Gasteiger partial charge in [0.05, 0.1) is 12.3 Å². The number of ether oxygens (including phenoxy) is 1. The highest BCUT2D eigenvalue weighted by Gasteiger charge is 2.06. The first-order chi connectivity index (χ1) is 8.20. The molecular formula is C13H14N2OS. The molecule has 0 amide bonds. The lowest BCUT2D eigenvalue weighted by Gasteiger charge is -2.10. The Bertz CT molecular complexity index is 578. The lowest BCUT2D eigenvalue weighted by atomic mass is 10.1. The monoisotopic (exact) mass is 246 g/mol. The molecule has 0 unspecified atom stereocenters. The molecule has 88 valence electrons. The number of H-pyrrole nitrogens is 1. The Balaban J connectivity index is 2.55. The summed E-state index contributed by atoms with van der Waals surface area (Å²) in [5.74, 6) is 1.66. The second-order valence-electron chi connectivity index (χ2n) is 3.65. The second-order valence-corrected chi connectivity index (χ2v) is 4.07. The topological polar surface area (TPSA) is 37.9 Å². The molecule has 0 bridgehead atoms. The molecule has 0 radical (unpaired) electrons. The maximum Gasteiger partial charge on any atom is 0.130 e. The van der Waals surface area contributed by atoms with Crippen molar-refractivity contribution in [1.29, 1.82) is 0 Å². The maximum atomic E-state index is 5.60. The number of aromatic amines is 1. The Morgan fingerprint density at radius 1 is 1.35 bits per heavy atom. The Morgan fingerprint density at radius 3 is 2.82 bits per heavy atom. The summed E-state index contributed by atoms with van der Waals surface area (Å²) >= 11 is 5.12. The average Bonchev–Trinajstić information content (AvgIpc) is 2.29. The van der Waals surface area contributed by atoms with Crippen LogP contribution in [0.15, 0.2) is 30.3 Å². The van der Waals surface area contributed by atoms with Crippen molar-refractivity contribution in [2.75, 3.05) is 6.61 Å². The van der Waals surface area contributed by atoms with E-state index in [0.29, 0.717) is 11.2 Å². The number of hydrogen-bond donors (Lipinski definition) is 1. The number of rotatable bonds is 3. The summed E-state index contributed by atoms with van der Waals surface area (Å²) in [5, 5.41) is 0. The molecule has 2 aromatic rings.